The van der Waals surface area contributed by atoms with Gasteiger partial charge in [0.25, 0.3) is 11.5 Å². The molecule has 1 amide bonds. The second kappa shape index (κ2) is 6.41. The number of aromatic amines is 1. The van der Waals surface area contributed by atoms with Crippen LogP contribution in [0.5, 0.6) is 0 Å². The number of benzene rings is 1. The van der Waals surface area contributed by atoms with Crippen LogP contribution in [0, 0.1) is 6.92 Å². The smallest absolute Gasteiger partial charge is 0.271 e. The van der Waals surface area contributed by atoms with Gasteiger partial charge in [-0.3, -0.25) is 14.7 Å². The summed E-state index contributed by atoms with van der Waals surface area (Å²) in [7, 11) is 0. The van der Waals surface area contributed by atoms with Crippen molar-refractivity contribution in [1.82, 2.24) is 15.1 Å². The van der Waals surface area contributed by atoms with Crippen LogP contribution < -0.4 is 16.6 Å². The number of aryl methyl sites for hydroxylation is 1. The molecule has 0 spiro atoms. The van der Waals surface area contributed by atoms with Crippen molar-refractivity contribution in [2.24, 2.45) is 5.73 Å². The fourth-order valence-electron chi connectivity index (χ4n) is 1.91. The highest BCUT2D eigenvalue weighted by atomic mass is 16.2. The molecule has 2 aromatic rings. The Labute approximate surface area is 122 Å². The summed E-state index contributed by atoms with van der Waals surface area (Å²) >= 11 is 0. The van der Waals surface area contributed by atoms with Crippen LogP contribution in [0.2, 0.25) is 0 Å². The Morgan fingerprint density at radius 3 is 2.67 bits per heavy atom. The van der Waals surface area contributed by atoms with Crippen molar-refractivity contribution in [3.8, 4) is 5.69 Å². The van der Waals surface area contributed by atoms with Crippen LogP contribution in [0.1, 0.15) is 29.4 Å². The molecule has 0 saturated heterocycles. The second-order valence-corrected chi connectivity index (χ2v) is 5.20. The zero-order chi connectivity index (χ0) is 15.4. The van der Waals surface area contributed by atoms with E-state index in [0.29, 0.717) is 18.7 Å². The van der Waals surface area contributed by atoms with Crippen molar-refractivity contribution in [3.05, 3.63) is 51.9 Å². The van der Waals surface area contributed by atoms with Gasteiger partial charge in [0.2, 0.25) is 0 Å². The standard InChI is InChI=1S/C15H20N4O2/c1-10-3-5-12(6-4-10)19-14(20)9-13(18-19)15(21)17-8-7-11(2)16/h3-6,9,11,18H,7-8,16H2,1-2H3,(H,17,21). The van der Waals surface area contributed by atoms with Crippen molar-refractivity contribution in [1.29, 1.82) is 0 Å². The Bertz CT molecular complexity index is 668. The van der Waals surface area contributed by atoms with E-state index >= 15 is 0 Å². The van der Waals surface area contributed by atoms with Crippen LogP contribution in [0.25, 0.3) is 5.69 Å². The van der Waals surface area contributed by atoms with Gasteiger partial charge in [-0.05, 0) is 32.4 Å². The fraction of sp³-hybridized carbons (Fsp3) is 0.333. The summed E-state index contributed by atoms with van der Waals surface area (Å²) in [5.74, 6) is -0.307. The van der Waals surface area contributed by atoms with Crippen LogP contribution >= 0.6 is 0 Å². The van der Waals surface area contributed by atoms with E-state index in [9.17, 15) is 9.59 Å². The van der Waals surface area contributed by atoms with Crippen molar-refractivity contribution in [2.75, 3.05) is 6.54 Å². The van der Waals surface area contributed by atoms with Gasteiger partial charge in [-0.25, -0.2) is 4.68 Å². The monoisotopic (exact) mass is 288 g/mol. The zero-order valence-corrected chi connectivity index (χ0v) is 12.2. The minimum atomic E-state index is -0.307. The van der Waals surface area contributed by atoms with Crippen LogP contribution in [0.4, 0.5) is 0 Å². The Balaban J connectivity index is 2.13. The van der Waals surface area contributed by atoms with E-state index < -0.39 is 0 Å². The summed E-state index contributed by atoms with van der Waals surface area (Å²) in [6.45, 7) is 4.33. The van der Waals surface area contributed by atoms with Crippen molar-refractivity contribution < 1.29 is 4.79 Å². The maximum absolute atomic E-state index is 11.9. The number of amides is 1. The van der Waals surface area contributed by atoms with E-state index in [1.807, 2.05) is 38.1 Å². The van der Waals surface area contributed by atoms with E-state index in [-0.39, 0.29) is 23.2 Å². The van der Waals surface area contributed by atoms with Crippen molar-refractivity contribution in [2.45, 2.75) is 26.3 Å². The van der Waals surface area contributed by atoms with Crippen LogP contribution in [-0.2, 0) is 0 Å². The van der Waals surface area contributed by atoms with E-state index in [1.165, 1.54) is 10.7 Å². The summed E-state index contributed by atoms with van der Waals surface area (Å²) in [4.78, 5) is 23.9. The lowest BCUT2D eigenvalue weighted by atomic mass is 10.2. The van der Waals surface area contributed by atoms with Gasteiger partial charge >= 0.3 is 0 Å². The molecule has 4 N–H and O–H groups in total. The van der Waals surface area contributed by atoms with Crippen molar-refractivity contribution >= 4 is 5.91 Å². The molecular weight excluding hydrogens is 268 g/mol. The molecule has 0 aliphatic carbocycles. The molecule has 1 aromatic heterocycles. The average molecular weight is 288 g/mol. The Kier molecular flexibility index (Phi) is 4.59. The molecule has 1 atom stereocenters. The SMILES string of the molecule is Cc1ccc(-n2[nH]c(C(=O)NCCC(C)N)cc2=O)cc1. The molecule has 21 heavy (non-hydrogen) atoms. The molecule has 0 radical (unpaired) electrons. The summed E-state index contributed by atoms with van der Waals surface area (Å²) < 4.78 is 1.35. The van der Waals surface area contributed by atoms with Gasteiger partial charge in [-0.1, -0.05) is 17.7 Å². The lowest BCUT2D eigenvalue weighted by molar-refractivity contribution is 0.0947. The Morgan fingerprint density at radius 1 is 1.38 bits per heavy atom. The molecule has 0 saturated carbocycles. The highest BCUT2D eigenvalue weighted by molar-refractivity contribution is 5.92. The zero-order valence-electron chi connectivity index (χ0n) is 12.2. The third-order valence-electron chi connectivity index (χ3n) is 3.14. The molecule has 1 unspecified atom stereocenters. The first-order valence-electron chi connectivity index (χ1n) is 6.90. The van der Waals surface area contributed by atoms with E-state index in [0.717, 1.165) is 5.56 Å². The number of rotatable bonds is 5. The van der Waals surface area contributed by atoms with Gasteiger partial charge in [-0.15, -0.1) is 0 Å². The summed E-state index contributed by atoms with van der Waals surface area (Å²) in [5.41, 5.74) is 7.39. The van der Waals surface area contributed by atoms with E-state index in [1.54, 1.807) is 0 Å². The Morgan fingerprint density at radius 2 is 2.05 bits per heavy atom. The highest BCUT2D eigenvalue weighted by Gasteiger charge is 2.11. The fourth-order valence-corrected chi connectivity index (χ4v) is 1.91. The minimum absolute atomic E-state index is 0.0292. The largest absolute Gasteiger partial charge is 0.351 e. The first kappa shape index (κ1) is 15.1. The summed E-state index contributed by atoms with van der Waals surface area (Å²) in [6, 6.07) is 8.79. The van der Waals surface area contributed by atoms with Gasteiger partial charge in [0.1, 0.15) is 5.69 Å². The van der Waals surface area contributed by atoms with Gasteiger partial charge < -0.3 is 11.1 Å². The first-order chi connectivity index (χ1) is 9.97. The number of H-pyrrole nitrogens is 1. The van der Waals surface area contributed by atoms with Crippen LogP contribution in [0.15, 0.2) is 35.1 Å². The topological polar surface area (TPSA) is 92.9 Å². The number of nitrogens with one attached hydrogen (secondary N) is 2. The molecule has 2 rings (SSSR count). The molecule has 112 valence electrons. The lowest BCUT2D eigenvalue weighted by Gasteiger charge is -2.06. The van der Waals surface area contributed by atoms with Gasteiger partial charge in [0.15, 0.2) is 0 Å². The summed E-state index contributed by atoms with van der Waals surface area (Å²) in [6.07, 6.45) is 0.689. The first-order valence-corrected chi connectivity index (χ1v) is 6.90. The molecule has 0 bridgehead atoms. The van der Waals surface area contributed by atoms with Gasteiger partial charge in [0, 0.05) is 18.7 Å². The number of carbonyl (C=O) groups is 1. The number of hydrogen-bond donors (Lipinski definition) is 3. The molecular formula is C15H20N4O2. The quantitative estimate of drug-likeness (QED) is 0.764. The highest BCUT2D eigenvalue weighted by Crippen LogP contribution is 2.06. The number of carbonyl (C=O) groups excluding carboxylic acids is 1. The number of hydrogen-bond acceptors (Lipinski definition) is 3. The number of nitrogens with two attached hydrogens (primary N) is 1. The molecule has 6 heteroatoms. The van der Waals surface area contributed by atoms with E-state index in [4.69, 9.17) is 5.73 Å². The third-order valence-corrected chi connectivity index (χ3v) is 3.14. The molecule has 6 nitrogen and oxygen atoms in total. The molecule has 0 aliphatic heterocycles. The predicted octanol–water partition coefficient (Wildman–Crippen LogP) is 0.941. The number of aromatic nitrogens is 2. The lowest BCUT2D eigenvalue weighted by Crippen LogP contribution is -2.29. The van der Waals surface area contributed by atoms with Gasteiger partial charge in [-0.2, -0.15) is 0 Å². The molecule has 0 aliphatic rings. The molecule has 1 aromatic carbocycles. The van der Waals surface area contributed by atoms with Crippen molar-refractivity contribution in [3.63, 3.8) is 0 Å². The normalized spacial score (nSPS) is 12.1. The minimum Gasteiger partial charge on any atom is -0.351 e. The Hall–Kier alpha value is -2.34. The molecule has 0 fully saturated rings. The maximum atomic E-state index is 11.9. The van der Waals surface area contributed by atoms with Crippen LogP contribution in [-0.4, -0.2) is 28.3 Å². The van der Waals surface area contributed by atoms with E-state index in [2.05, 4.69) is 10.4 Å². The van der Waals surface area contributed by atoms with Gasteiger partial charge in [0.05, 0.1) is 5.69 Å². The molecule has 1 heterocycles. The number of nitrogens with zero attached hydrogens (tertiary/aromatic N) is 1. The predicted molar refractivity (Wildman–Crippen MR) is 81.7 cm³/mol. The summed E-state index contributed by atoms with van der Waals surface area (Å²) in [5, 5.41) is 5.54. The third kappa shape index (κ3) is 3.82. The average Bonchev–Trinajstić information content (AvgIpc) is 2.81. The second-order valence-electron chi connectivity index (χ2n) is 5.20. The maximum Gasteiger partial charge on any atom is 0.271 e. The van der Waals surface area contributed by atoms with Crippen LogP contribution in [0.3, 0.4) is 0 Å².